The number of ketones is 1. The lowest BCUT2D eigenvalue weighted by Gasteiger charge is -2.47. The third kappa shape index (κ3) is 4.32. The first-order chi connectivity index (χ1) is 19.2. The first kappa shape index (κ1) is 26.7. The Balaban J connectivity index is 1.31. The summed E-state index contributed by atoms with van der Waals surface area (Å²) in [5, 5.41) is 7.35. The molecule has 2 atom stereocenters. The molecule has 40 heavy (non-hydrogen) atoms. The number of amides is 1. The molecule has 9 heteroatoms. The van der Waals surface area contributed by atoms with Gasteiger partial charge in [0.25, 0.3) is 5.91 Å². The van der Waals surface area contributed by atoms with E-state index in [-0.39, 0.29) is 35.2 Å². The average Bonchev–Trinajstić information content (AvgIpc) is 3.54. The van der Waals surface area contributed by atoms with Crippen LogP contribution in [0.4, 0.5) is 11.5 Å². The van der Waals surface area contributed by atoms with Crippen LogP contribution in [0.15, 0.2) is 36.7 Å². The molecule has 1 saturated carbocycles. The molecule has 1 amide bonds. The molecule has 210 valence electrons. The standard InChI is InChI=1S/C31H38N6O3/c1-17(2)30(39)36-21-10-11-22(18(3)14-21)25-23(24-28(32)33-16-34-29(24)37(25)4)19-6-8-20(9-7-19)26(38)27-31(15-40-27)12-5-13-35-31/h10-11,14,16,19-20,27,35H,1,5-9,12-13,15H2,2-4H3,(H,36,39)(H2,32,33,34)/t19?,20?,27-,31+/m1/s1. The van der Waals surface area contributed by atoms with Crippen molar-refractivity contribution in [1.82, 2.24) is 19.9 Å². The van der Waals surface area contributed by atoms with E-state index in [9.17, 15) is 9.59 Å². The molecule has 0 radical (unpaired) electrons. The zero-order chi connectivity index (χ0) is 28.2. The van der Waals surface area contributed by atoms with E-state index in [0.717, 1.165) is 84.2 Å². The first-order valence-electron chi connectivity index (χ1n) is 14.3. The molecule has 3 aromatic rings. The Kier molecular flexibility index (Phi) is 6.74. The summed E-state index contributed by atoms with van der Waals surface area (Å²) in [6, 6.07) is 5.94. The van der Waals surface area contributed by atoms with Gasteiger partial charge in [-0.3, -0.25) is 9.59 Å². The molecule has 6 rings (SSSR count). The van der Waals surface area contributed by atoms with E-state index in [0.29, 0.717) is 18.0 Å². The van der Waals surface area contributed by atoms with Gasteiger partial charge < -0.3 is 25.7 Å². The highest BCUT2D eigenvalue weighted by Crippen LogP contribution is 2.47. The number of benzene rings is 1. The molecule has 4 N–H and O–H groups in total. The fourth-order valence-corrected chi connectivity index (χ4v) is 7.05. The topological polar surface area (TPSA) is 124 Å². The smallest absolute Gasteiger partial charge is 0.250 e. The maximum absolute atomic E-state index is 13.5. The van der Waals surface area contributed by atoms with Gasteiger partial charge in [0.05, 0.1) is 23.2 Å². The minimum Gasteiger partial charge on any atom is -0.383 e. The highest BCUT2D eigenvalue weighted by Gasteiger charge is 2.54. The average molecular weight is 543 g/mol. The molecule has 0 bridgehead atoms. The number of nitrogens with two attached hydrogens (primary N) is 1. The number of carbonyl (C=O) groups is 2. The van der Waals surface area contributed by atoms with Gasteiger partial charge >= 0.3 is 0 Å². The Morgan fingerprint density at radius 3 is 2.62 bits per heavy atom. The van der Waals surface area contributed by atoms with E-state index in [1.165, 1.54) is 6.33 Å². The maximum Gasteiger partial charge on any atom is 0.250 e. The van der Waals surface area contributed by atoms with Crippen molar-refractivity contribution in [2.24, 2.45) is 13.0 Å². The van der Waals surface area contributed by atoms with Crippen LogP contribution in [0.25, 0.3) is 22.3 Å². The zero-order valence-corrected chi connectivity index (χ0v) is 23.5. The van der Waals surface area contributed by atoms with Gasteiger partial charge in [0.15, 0.2) is 5.78 Å². The zero-order valence-electron chi connectivity index (χ0n) is 23.5. The second-order valence-electron chi connectivity index (χ2n) is 11.9. The van der Waals surface area contributed by atoms with Gasteiger partial charge in [-0.1, -0.05) is 12.6 Å². The number of fused-ring (bicyclic) bond motifs is 1. The van der Waals surface area contributed by atoms with Crippen molar-refractivity contribution in [3.05, 3.63) is 47.8 Å². The summed E-state index contributed by atoms with van der Waals surface area (Å²) < 4.78 is 7.93. The number of anilines is 2. The van der Waals surface area contributed by atoms with Crippen LogP contribution in [0.1, 0.15) is 62.5 Å². The van der Waals surface area contributed by atoms with Crippen LogP contribution in [0.3, 0.4) is 0 Å². The molecule has 2 aliphatic heterocycles. The molecule has 2 aromatic heterocycles. The number of ether oxygens (including phenoxy) is 1. The predicted molar refractivity (Wildman–Crippen MR) is 156 cm³/mol. The summed E-state index contributed by atoms with van der Waals surface area (Å²) in [7, 11) is 2.01. The number of nitrogens with one attached hydrogen (secondary N) is 2. The summed E-state index contributed by atoms with van der Waals surface area (Å²) in [5.74, 6) is 0.780. The maximum atomic E-state index is 13.5. The van der Waals surface area contributed by atoms with Crippen molar-refractivity contribution in [2.75, 3.05) is 24.2 Å². The van der Waals surface area contributed by atoms with Crippen LogP contribution in [0.5, 0.6) is 0 Å². The van der Waals surface area contributed by atoms with Crippen molar-refractivity contribution in [1.29, 1.82) is 0 Å². The molecule has 4 heterocycles. The van der Waals surface area contributed by atoms with Gasteiger partial charge in [0.2, 0.25) is 0 Å². The van der Waals surface area contributed by atoms with Crippen LogP contribution in [0, 0.1) is 12.8 Å². The van der Waals surface area contributed by atoms with Crippen molar-refractivity contribution in [3.63, 3.8) is 0 Å². The highest BCUT2D eigenvalue weighted by atomic mass is 16.5. The van der Waals surface area contributed by atoms with Crippen molar-refractivity contribution in [2.45, 2.75) is 69.9 Å². The Hall–Kier alpha value is -3.56. The molecule has 1 aromatic carbocycles. The van der Waals surface area contributed by atoms with Gasteiger partial charge in [-0.15, -0.1) is 0 Å². The quantitative estimate of drug-likeness (QED) is 0.394. The molecule has 1 aliphatic carbocycles. The van der Waals surface area contributed by atoms with Crippen LogP contribution in [0.2, 0.25) is 0 Å². The number of nitrogen functional groups attached to an aromatic ring is 1. The lowest BCUT2D eigenvalue weighted by molar-refractivity contribution is -0.173. The second kappa shape index (κ2) is 10.1. The predicted octanol–water partition coefficient (Wildman–Crippen LogP) is 4.40. The van der Waals surface area contributed by atoms with E-state index >= 15 is 0 Å². The number of carbonyl (C=O) groups excluding carboxylic acids is 2. The number of hydrogen-bond donors (Lipinski definition) is 3. The Morgan fingerprint density at radius 1 is 1.23 bits per heavy atom. The molecule has 9 nitrogen and oxygen atoms in total. The molecular weight excluding hydrogens is 504 g/mol. The number of hydrogen-bond acceptors (Lipinski definition) is 7. The van der Waals surface area contributed by atoms with Crippen LogP contribution in [-0.2, 0) is 21.4 Å². The van der Waals surface area contributed by atoms with Crippen LogP contribution >= 0.6 is 0 Å². The SMILES string of the molecule is C=C(C)C(=O)Nc1ccc(-c2c(C3CCC(C(=O)[C@H]4OC[C@@]45CCCN5)CC3)c3c(N)ncnc3n2C)c(C)c1. The van der Waals surface area contributed by atoms with E-state index in [1.54, 1.807) is 6.92 Å². The lowest BCUT2D eigenvalue weighted by atomic mass is 9.72. The summed E-state index contributed by atoms with van der Waals surface area (Å²) in [6.07, 6.45) is 6.75. The monoisotopic (exact) mass is 542 g/mol. The lowest BCUT2D eigenvalue weighted by Crippen LogP contribution is -2.67. The summed E-state index contributed by atoms with van der Waals surface area (Å²) in [4.78, 5) is 34.6. The molecule has 2 saturated heterocycles. The van der Waals surface area contributed by atoms with Gasteiger partial charge in [-0.05, 0) is 88.1 Å². The van der Waals surface area contributed by atoms with Crippen molar-refractivity contribution >= 4 is 34.2 Å². The molecule has 3 fully saturated rings. The van der Waals surface area contributed by atoms with Crippen molar-refractivity contribution in [3.8, 4) is 11.3 Å². The highest BCUT2D eigenvalue weighted by molar-refractivity contribution is 6.03. The van der Waals surface area contributed by atoms with Gasteiger partial charge in [-0.25, -0.2) is 9.97 Å². The second-order valence-corrected chi connectivity index (χ2v) is 11.9. The molecular formula is C31H38N6O3. The third-order valence-electron chi connectivity index (χ3n) is 9.24. The fraction of sp³-hybridized carbons (Fsp3) is 0.484. The summed E-state index contributed by atoms with van der Waals surface area (Å²) in [5.41, 5.74) is 12.6. The summed E-state index contributed by atoms with van der Waals surface area (Å²) >= 11 is 0. The van der Waals surface area contributed by atoms with Gasteiger partial charge in [0.1, 0.15) is 23.9 Å². The molecule has 3 aliphatic rings. The summed E-state index contributed by atoms with van der Waals surface area (Å²) in [6.45, 7) is 9.07. The van der Waals surface area contributed by atoms with E-state index < -0.39 is 0 Å². The van der Waals surface area contributed by atoms with Crippen LogP contribution in [-0.4, -0.2) is 51.0 Å². The number of aryl methyl sites for hydroxylation is 2. The number of aromatic nitrogens is 3. The third-order valence-corrected chi connectivity index (χ3v) is 9.24. The molecule has 1 spiro atoms. The minimum absolute atomic E-state index is 0.0193. The fourth-order valence-electron chi connectivity index (χ4n) is 7.05. The Labute approximate surface area is 234 Å². The van der Waals surface area contributed by atoms with E-state index in [4.69, 9.17) is 10.5 Å². The van der Waals surface area contributed by atoms with Gasteiger partial charge in [0, 0.05) is 29.8 Å². The number of nitrogens with zero attached hydrogens (tertiary/aromatic N) is 3. The largest absolute Gasteiger partial charge is 0.383 e. The number of Topliss-reactive ketones (excluding diaryl/α,β-unsaturated/α-hetero) is 1. The number of rotatable bonds is 6. The Bertz CT molecular complexity index is 1510. The van der Waals surface area contributed by atoms with Gasteiger partial charge in [-0.2, -0.15) is 0 Å². The Morgan fingerprint density at radius 2 is 2.00 bits per heavy atom. The van der Waals surface area contributed by atoms with Crippen molar-refractivity contribution < 1.29 is 14.3 Å². The normalized spacial score (nSPS) is 26.1. The van der Waals surface area contributed by atoms with E-state index in [1.807, 2.05) is 32.2 Å². The minimum atomic E-state index is -0.305. The van der Waals surface area contributed by atoms with E-state index in [2.05, 4.69) is 31.7 Å². The van der Waals surface area contributed by atoms with Crippen LogP contribution < -0.4 is 16.4 Å². The molecule has 0 unspecified atom stereocenters. The first-order valence-corrected chi connectivity index (χ1v) is 14.3.